The summed E-state index contributed by atoms with van der Waals surface area (Å²) in [4.78, 5) is 25.8. The van der Waals surface area contributed by atoms with Crippen LogP contribution in [0.15, 0.2) is 36.5 Å². The second kappa shape index (κ2) is 10.5. The quantitative estimate of drug-likeness (QED) is 0.463. The van der Waals surface area contributed by atoms with Gasteiger partial charge < -0.3 is 20.6 Å². The number of amides is 2. The number of nitrogens with one attached hydrogen (secondary N) is 2. The molecule has 0 radical (unpaired) electrons. The van der Waals surface area contributed by atoms with Crippen molar-refractivity contribution >= 4 is 17.7 Å². The first-order valence-electron chi connectivity index (χ1n) is 12.0. The average molecular weight is 468 g/mol. The first kappa shape index (κ1) is 25.5. The predicted octanol–water partition coefficient (Wildman–Crippen LogP) is 5.26. The molecule has 0 aliphatic heterocycles. The van der Waals surface area contributed by atoms with Crippen LogP contribution in [0, 0.1) is 30.9 Å². The Kier molecular flexibility index (Phi) is 7.85. The number of hydrogen-bond acceptors (Lipinski definition) is 4. The third kappa shape index (κ3) is 6.49. The van der Waals surface area contributed by atoms with Crippen LogP contribution in [0.4, 0.5) is 10.5 Å². The van der Waals surface area contributed by atoms with Crippen molar-refractivity contribution in [2.45, 2.75) is 78.9 Å². The Bertz CT molecular complexity index is 1020. The number of carbonyl (C=O) groups excluding carboxylic acids is 2. The summed E-state index contributed by atoms with van der Waals surface area (Å²) in [7, 11) is 0. The third-order valence-corrected chi connectivity index (χ3v) is 6.47. The van der Waals surface area contributed by atoms with Crippen molar-refractivity contribution < 1.29 is 19.1 Å². The molecule has 7 nitrogen and oxygen atoms in total. The van der Waals surface area contributed by atoms with E-state index in [1.165, 1.54) is 6.20 Å². The van der Waals surface area contributed by atoms with Gasteiger partial charge in [-0.2, -0.15) is 4.73 Å². The Morgan fingerprint density at radius 1 is 1.06 bits per heavy atom. The molecule has 2 amide bonds. The number of aryl methyl sites for hydroxylation is 1. The SMILES string of the molecule is Cc1cc[n+]([O-])c(C)c1-c1ccc(NC(=O)[C@@H](NC(=O)OC(C)(C)C)C2CCC(C)CC2)cc1. The topological polar surface area (TPSA) is 94.4 Å². The van der Waals surface area contributed by atoms with Crippen molar-refractivity contribution in [2.75, 3.05) is 5.32 Å². The molecule has 1 aliphatic carbocycles. The van der Waals surface area contributed by atoms with E-state index in [1.54, 1.807) is 33.8 Å². The van der Waals surface area contributed by atoms with Crippen LogP contribution in [0.3, 0.4) is 0 Å². The molecule has 1 fully saturated rings. The van der Waals surface area contributed by atoms with E-state index in [0.29, 0.717) is 17.3 Å². The molecule has 3 rings (SSSR count). The highest BCUT2D eigenvalue weighted by Crippen LogP contribution is 2.31. The van der Waals surface area contributed by atoms with E-state index in [4.69, 9.17) is 4.74 Å². The van der Waals surface area contributed by atoms with Crippen molar-refractivity contribution in [1.82, 2.24) is 5.32 Å². The van der Waals surface area contributed by atoms with E-state index in [2.05, 4.69) is 17.6 Å². The number of anilines is 1. The number of carbonyl (C=O) groups is 2. The zero-order valence-corrected chi connectivity index (χ0v) is 21.1. The Morgan fingerprint density at radius 2 is 1.68 bits per heavy atom. The molecule has 1 atom stereocenters. The minimum Gasteiger partial charge on any atom is -0.618 e. The van der Waals surface area contributed by atoms with E-state index >= 15 is 0 Å². The van der Waals surface area contributed by atoms with Crippen LogP contribution in [0.2, 0.25) is 0 Å². The molecule has 0 unspecified atom stereocenters. The van der Waals surface area contributed by atoms with Crippen molar-refractivity contribution in [3.63, 3.8) is 0 Å². The maximum Gasteiger partial charge on any atom is 0.408 e. The highest BCUT2D eigenvalue weighted by atomic mass is 16.6. The predicted molar refractivity (Wildman–Crippen MR) is 133 cm³/mol. The minimum atomic E-state index is -0.667. The number of hydrogen-bond donors (Lipinski definition) is 2. The van der Waals surface area contributed by atoms with E-state index in [-0.39, 0.29) is 11.8 Å². The zero-order valence-electron chi connectivity index (χ0n) is 21.1. The molecule has 0 bridgehead atoms. The lowest BCUT2D eigenvalue weighted by molar-refractivity contribution is -0.611. The van der Waals surface area contributed by atoms with Crippen molar-refractivity contribution in [3.05, 3.63) is 53.0 Å². The van der Waals surface area contributed by atoms with Gasteiger partial charge in [0.15, 0.2) is 11.9 Å². The fourth-order valence-corrected chi connectivity index (χ4v) is 4.60. The summed E-state index contributed by atoms with van der Waals surface area (Å²) in [5, 5.41) is 17.8. The molecule has 1 heterocycles. The Balaban J connectivity index is 1.76. The maximum atomic E-state index is 13.3. The normalized spacial score (nSPS) is 19.2. The van der Waals surface area contributed by atoms with Crippen LogP contribution < -0.4 is 15.4 Å². The molecule has 1 aromatic heterocycles. The monoisotopic (exact) mass is 467 g/mol. The summed E-state index contributed by atoms with van der Waals surface area (Å²) in [6, 6.07) is 8.56. The largest absolute Gasteiger partial charge is 0.618 e. The maximum absolute atomic E-state index is 13.3. The van der Waals surface area contributed by atoms with Gasteiger partial charge in [-0.05, 0) is 75.6 Å². The van der Waals surface area contributed by atoms with Crippen LogP contribution >= 0.6 is 0 Å². The zero-order chi connectivity index (χ0) is 25.0. The van der Waals surface area contributed by atoms with Gasteiger partial charge in [0.05, 0.1) is 5.56 Å². The lowest BCUT2D eigenvalue weighted by Crippen LogP contribution is -2.50. The number of benzene rings is 1. The first-order chi connectivity index (χ1) is 15.9. The molecule has 7 heteroatoms. The lowest BCUT2D eigenvalue weighted by atomic mass is 9.79. The Morgan fingerprint density at radius 3 is 2.26 bits per heavy atom. The van der Waals surface area contributed by atoms with Gasteiger partial charge in [-0.15, -0.1) is 0 Å². The first-order valence-corrected chi connectivity index (χ1v) is 12.0. The molecule has 1 saturated carbocycles. The summed E-state index contributed by atoms with van der Waals surface area (Å²) in [6.45, 7) is 11.4. The highest BCUT2D eigenvalue weighted by Gasteiger charge is 2.33. The van der Waals surface area contributed by atoms with Gasteiger partial charge in [0, 0.05) is 18.7 Å². The number of nitrogens with zero attached hydrogens (tertiary/aromatic N) is 1. The second-order valence-corrected chi connectivity index (χ2v) is 10.5. The number of aromatic nitrogens is 1. The van der Waals surface area contributed by atoms with Crippen LogP contribution in [0.25, 0.3) is 11.1 Å². The molecular weight excluding hydrogens is 430 g/mol. The number of alkyl carbamates (subject to hydrolysis) is 1. The van der Waals surface area contributed by atoms with E-state index in [0.717, 1.165) is 47.1 Å². The molecule has 184 valence electrons. The van der Waals surface area contributed by atoms with E-state index in [1.807, 2.05) is 31.2 Å². The van der Waals surface area contributed by atoms with Crippen molar-refractivity contribution in [2.24, 2.45) is 11.8 Å². The van der Waals surface area contributed by atoms with Gasteiger partial charge >= 0.3 is 6.09 Å². The van der Waals surface area contributed by atoms with Crippen molar-refractivity contribution in [3.8, 4) is 11.1 Å². The van der Waals surface area contributed by atoms with E-state index < -0.39 is 17.7 Å². The summed E-state index contributed by atoms with van der Waals surface area (Å²) in [6.07, 6.45) is 4.77. The van der Waals surface area contributed by atoms with Gasteiger partial charge in [0.1, 0.15) is 11.6 Å². The van der Waals surface area contributed by atoms with Crippen LogP contribution in [0.5, 0.6) is 0 Å². The van der Waals surface area contributed by atoms with Gasteiger partial charge in [-0.25, -0.2) is 4.79 Å². The van der Waals surface area contributed by atoms with Crippen LogP contribution in [0.1, 0.15) is 64.6 Å². The minimum absolute atomic E-state index is 0.0603. The average Bonchev–Trinajstić information content (AvgIpc) is 2.75. The van der Waals surface area contributed by atoms with Gasteiger partial charge in [-0.1, -0.05) is 31.9 Å². The molecule has 34 heavy (non-hydrogen) atoms. The standard InChI is InChI=1S/C27H37N3O4/c1-17-7-9-21(10-8-17)24(29-26(32)34-27(4,5)6)25(31)28-22-13-11-20(12-14-22)23-18(2)15-16-30(33)19(23)3/h11-17,21,24H,7-10H2,1-6H3,(H,28,31)(H,29,32)/t17?,21?,24-/m0/s1. The molecule has 1 aromatic carbocycles. The van der Waals surface area contributed by atoms with Crippen LogP contribution in [-0.2, 0) is 9.53 Å². The fraction of sp³-hybridized carbons (Fsp3) is 0.519. The molecule has 0 spiro atoms. The summed E-state index contributed by atoms with van der Waals surface area (Å²) < 4.78 is 6.28. The number of ether oxygens (including phenoxy) is 1. The fourth-order valence-electron chi connectivity index (χ4n) is 4.60. The third-order valence-electron chi connectivity index (χ3n) is 6.47. The molecular formula is C27H37N3O4. The van der Waals surface area contributed by atoms with Crippen LogP contribution in [-0.4, -0.2) is 23.6 Å². The smallest absolute Gasteiger partial charge is 0.408 e. The highest BCUT2D eigenvalue weighted by molar-refractivity contribution is 5.97. The number of rotatable bonds is 5. The second-order valence-electron chi connectivity index (χ2n) is 10.5. The number of pyridine rings is 1. The summed E-state index contributed by atoms with van der Waals surface area (Å²) >= 11 is 0. The molecule has 2 aromatic rings. The Labute approximate surface area is 202 Å². The molecule has 0 saturated heterocycles. The van der Waals surface area contributed by atoms with Gasteiger partial charge in [0.2, 0.25) is 5.91 Å². The molecule has 2 N–H and O–H groups in total. The Hall–Kier alpha value is -3.09. The lowest BCUT2D eigenvalue weighted by Gasteiger charge is -2.33. The van der Waals surface area contributed by atoms with E-state index in [9.17, 15) is 14.8 Å². The van der Waals surface area contributed by atoms with Gasteiger partial charge in [0.25, 0.3) is 0 Å². The summed E-state index contributed by atoms with van der Waals surface area (Å²) in [5.41, 5.74) is 3.42. The van der Waals surface area contributed by atoms with Gasteiger partial charge in [-0.3, -0.25) is 4.79 Å². The van der Waals surface area contributed by atoms with Crippen molar-refractivity contribution in [1.29, 1.82) is 0 Å². The molecule has 1 aliphatic rings. The summed E-state index contributed by atoms with van der Waals surface area (Å²) in [5.74, 6) is 0.444.